The summed E-state index contributed by atoms with van der Waals surface area (Å²) in [6, 6.07) is 0. The van der Waals surface area contributed by atoms with E-state index < -0.39 is 0 Å². The van der Waals surface area contributed by atoms with E-state index in [2.05, 4.69) is 34.3 Å². The largest absolute Gasteiger partial charge is 0.469 e. The van der Waals surface area contributed by atoms with Gasteiger partial charge in [0.2, 0.25) is 0 Å². The Kier molecular flexibility index (Phi) is 17.1. The molecule has 0 aliphatic heterocycles. The van der Waals surface area contributed by atoms with Gasteiger partial charge in [-0.05, 0) is 44.4 Å². The lowest BCUT2D eigenvalue weighted by molar-refractivity contribution is -0.141. The second-order valence-corrected chi connectivity index (χ2v) is 6.76. The predicted molar refractivity (Wildman–Crippen MR) is 107 cm³/mol. The first-order chi connectivity index (χ1) is 12.6. The molecular weight excluding hydrogens is 328 g/mol. The molecule has 0 saturated heterocycles. The SMILES string of the molecule is C=CC(C/C=C/CCCCCCC(=O)OC)CCCCCCC(=O)OC. The van der Waals surface area contributed by atoms with Crippen molar-refractivity contribution in [1.82, 2.24) is 0 Å². The van der Waals surface area contributed by atoms with Crippen molar-refractivity contribution >= 4 is 11.9 Å². The van der Waals surface area contributed by atoms with Gasteiger partial charge in [-0.25, -0.2) is 0 Å². The number of unbranched alkanes of at least 4 members (excludes halogenated alkanes) is 7. The minimum absolute atomic E-state index is 0.108. The van der Waals surface area contributed by atoms with Gasteiger partial charge in [0.25, 0.3) is 0 Å². The van der Waals surface area contributed by atoms with Gasteiger partial charge >= 0.3 is 11.9 Å². The average molecular weight is 367 g/mol. The molecule has 1 unspecified atom stereocenters. The van der Waals surface area contributed by atoms with Crippen molar-refractivity contribution < 1.29 is 19.1 Å². The molecule has 0 bridgehead atoms. The number of ether oxygens (including phenoxy) is 2. The number of hydrogen-bond acceptors (Lipinski definition) is 4. The fourth-order valence-electron chi connectivity index (χ4n) is 2.84. The number of allylic oxidation sites excluding steroid dienone is 3. The number of hydrogen-bond donors (Lipinski definition) is 0. The van der Waals surface area contributed by atoms with Crippen molar-refractivity contribution in [2.75, 3.05) is 14.2 Å². The molecule has 150 valence electrons. The van der Waals surface area contributed by atoms with Gasteiger partial charge in [0.1, 0.15) is 0 Å². The number of carbonyl (C=O) groups excluding carboxylic acids is 2. The van der Waals surface area contributed by atoms with E-state index >= 15 is 0 Å². The van der Waals surface area contributed by atoms with Crippen molar-refractivity contribution in [2.24, 2.45) is 5.92 Å². The molecule has 4 nitrogen and oxygen atoms in total. The van der Waals surface area contributed by atoms with Gasteiger partial charge in [-0.1, -0.05) is 50.3 Å². The van der Waals surface area contributed by atoms with Crippen LogP contribution in [0.3, 0.4) is 0 Å². The molecule has 26 heavy (non-hydrogen) atoms. The van der Waals surface area contributed by atoms with Crippen LogP contribution in [0, 0.1) is 5.92 Å². The van der Waals surface area contributed by atoms with Crippen molar-refractivity contribution in [3.63, 3.8) is 0 Å². The molecule has 0 spiro atoms. The summed E-state index contributed by atoms with van der Waals surface area (Å²) < 4.78 is 9.27. The van der Waals surface area contributed by atoms with Gasteiger partial charge in [-0.3, -0.25) is 9.59 Å². The monoisotopic (exact) mass is 366 g/mol. The molecule has 1 atom stereocenters. The van der Waals surface area contributed by atoms with Crippen LogP contribution in [0.25, 0.3) is 0 Å². The lowest BCUT2D eigenvalue weighted by Gasteiger charge is -2.09. The summed E-state index contributed by atoms with van der Waals surface area (Å²) in [4.78, 5) is 22.0. The third-order valence-corrected chi connectivity index (χ3v) is 4.60. The smallest absolute Gasteiger partial charge is 0.305 e. The first kappa shape index (κ1) is 24.4. The highest BCUT2D eigenvalue weighted by Gasteiger charge is 2.03. The third-order valence-electron chi connectivity index (χ3n) is 4.60. The van der Waals surface area contributed by atoms with Crippen LogP contribution in [0.4, 0.5) is 0 Å². The quantitative estimate of drug-likeness (QED) is 0.186. The van der Waals surface area contributed by atoms with Crippen molar-refractivity contribution in [2.45, 2.75) is 83.5 Å². The van der Waals surface area contributed by atoms with Gasteiger partial charge in [0.05, 0.1) is 14.2 Å². The summed E-state index contributed by atoms with van der Waals surface area (Å²) in [5.41, 5.74) is 0. The minimum atomic E-state index is -0.109. The van der Waals surface area contributed by atoms with E-state index in [0.717, 1.165) is 51.4 Å². The highest BCUT2D eigenvalue weighted by Crippen LogP contribution is 2.17. The third kappa shape index (κ3) is 15.9. The Hall–Kier alpha value is -1.58. The van der Waals surface area contributed by atoms with E-state index in [1.54, 1.807) is 0 Å². The predicted octanol–water partition coefficient (Wildman–Crippen LogP) is 5.76. The first-order valence-electron chi connectivity index (χ1n) is 10.0. The van der Waals surface area contributed by atoms with Crippen LogP contribution < -0.4 is 0 Å². The fraction of sp³-hybridized carbons (Fsp3) is 0.727. The lowest BCUT2D eigenvalue weighted by atomic mass is 9.97. The Bertz CT molecular complexity index is 401. The van der Waals surface area contributed by atoms with E-state index in [0.29, 0.717) is 18.8 Å². The standard InChI is InChI=1S/C22H38O4/c1-4-20(17-13-10-11-15-19-22(24)26-3)16-12-8-6-5-7-9-14-18-21(23)25-2/h4,8,12,20H,1,5-7,9-11,13-19H2,2-3H3/b12-8+. The van der Waals surface area contributed by atoms with Gasteiger partial charge in [-0.2, -0.15) is 0 Å². The van der Waals surface area contributed by atoms with Gasteiger partial charge < -0.3 is 9.47 Å². The number of carbonyl (C=O) groups is 2. The summed E-state index contributed by atoms with van der Waals surface area (Å²) in [6.07, 6.45) is 19.7. The number of methoxy groups -OCH3 is 2. The Morgan fingerprint density at radius 2 is 1.35 bits per heavy atom. The molecule has 0 amide bonds. The molecule has 0 aliphatic carbocycles. The maximum Gasteiger partial charge on any atom is 0.305 e. The Morgan fingerprint density at radius 3 is 1.88 bits per heavy atom. The summed E-state index contributed by atoms with van der Waals surface area (Å²) in [5.74, 6) is 0.332. The van der Waals surface area contributed by atoms with Crippen LogP contribution in [0.15, 0.2) is 24.8 Å². The Morgan fingerprint density at radius 1 is 0.808 bits per heavy atom. The van der Waals surface area contributed by atoms with Crippen LogP contribution in [0.5, 0.6) is 0 Å². The number of rotatable bonds is 17. The van der Waals surface area contributed by atoms with Crippen molar-refractivity contribution in [3.8, 4) is 0 Å². The minimum Gasteiger partial charge on any atom is -0.469 e. The van der Waals surface area contributed by atoms with E-state index in [1.807, 2.05) is 0 Å². The van der Waals surface area contributed by atoms with E-state index in [1.165, 1.54) is 33.5 Å². The van der Waals surface area contributed by atoms with Gasteiger partial charge in [-0.15, -0.1) is 6.58 Å². The molecule has 0 rings (SSSR count). The average Bonchev–Trinajstić information content (AvgIpc) is 2.66. The van der Waals surface area contributed by atoms with Crippen molar-refractivity contribution in [1.29, 1.82) is 0 Å². The normalized spacial score (nSPS) is 12.1. The molecule has 0 aliphatic rings. The molecule has 0 aromatic heterocycles. The second kappa shape index (κ2) is 18.2. The van der Waals surface area contributed by atoms with Crippen LogP contribution in [0.2, 0.25) is 0 Å². The lowest BCUT2D eigenvalue weighted by Crippen LogP contribution is -1.99. The summed E-state index contributed by atoms with van der Waals surface area (Å²) in [7, 11) is 2.88. The molecular formula is C22H38O4. The van der Waals surface area contributed by atoms with Gasteiger partial charge in [0.15, 0.2) is 0 Å². The summed E-state index contributed by atoms with van der Waals surface area (Å²) in [5, 5.41) is 0. The molecule has 0 aromatic carbocycles. The molecule has 0 radical (unpaired) electrons. The maximum absolute atomic E-state index is 11.0. The zero-order chi connectivity index (χ0) is 19.5. The Balaban J connectivity index is 3.53. The number of esters is 2. The zero-order valence-electron chi connectivity index (χ0n) is 16.8. The molecule has 0 aromatic rings. The summed E-state index contributed by atoms with van der Waals surface area (Å²) in [6.45, 7) is 3.95. The van der Waals surface area contributed by atoms with Crippen molar-refractivity contribution in [3.05, 3.63) is 24.8 Å². The first-order valence-corrected chi connectivity index (χ1v) is 10.0. The fourth-order valence-corrected chi connectivity index (χ4v) is 2.84. The zero-order valence-corrected chi connectivity index (χ0v) is 16.8. The molecule has 0 heterocycles. The molecule has 0 saturated carbocycles. The van der Waals surface area contributed by atoms with Crippen LogP contribution >= 0.6 is 0 Å². The van der Waals surface area contributed by atoms with Crippen LogP contribution in [-0.4, -0.2) is 26.2 Å². The summed E-state index contributed by atoms with van der Waals surface area (Å²) >= 11 is 0. The van der Waals surface area contributed by atoms with E-state index in [9.17, 15) is 9.59 Å². The molecule has 0 fully saturated rings. The van der Waals surface area contributed by atoms with Crippen LogP contribution in [-0.2, 0) is 19.1 Å². The topological polar surface area (TPSA) is 52.6 Å². The van der Waals surface area contributed by atoms with Gasteiger partial charge in [0, 0.05) is 12.8 Å². The highest BCUT2D eigenvalue weighted by molar-refractivity contribution is 5.69. The van der Waals surface area contributed by atoms with E-state index in [4.69, 9.17) is 0 Å². The molecule has 4 heteroatoms. The second-order valence-electron chi connectivity index (χ2n) is 6.76. The highest BCUT2D eigenvalue weighted by atomic mass is 16.5. The molecule has 0 N–H and O–H groups in total. The Labute approximate surface area is 160 Å². The van der Waals surface area contributed by atoms with Crippen LogP contribution in [0.1, 0.15) is 83.5 Å². The van der Waals surface area contributed by atoms with E-state index in [-0.39, 0.29) is 11.9 Å². The maximum atomic E-state index is 11.0.